The normalized spacial score (nSPS) is 10.0. The highest BCUT2D eigenvalue weighted by molar-refractivity contribution is 5.99. The molecule has 8 nitrogen and oxygen atoms in total. The molecule has 3 N–H and O–H groups in total. The van der Waals surface area contributed by atoms with Gasteiger partial charge in [-0.05, 0) is 38.1 Å². The number of ketones is 1. The van der Waals surface area contributed by atoms with Gasteiger partial charge >= 0.3 is 12.0 Å². The van der Waals surface area contributed by atoms with Crippen LogP contribution in [0.5, 0.6) is 6.01 Å². The number of nitrogens with zero attached hydrogens (tertiary/aromatic N) is 2. The number of H-pyrrole nitrogens is 1. The van der Waals surface area contributed by atoms with Crippen molar-refractivity contribution < 1.29 is 14.3 Å². The number of aromatic amines is 1. The molecule has 8 heteroatoms. The van der Waals surface area contributed by atoms with Crippen LogP contribution in [0.1, 0.15) is 24.2 Å². The van der Waals surface area contributed by atoms with Crippen molar-refractivity contribution in [2.75, 3.05) is 17.2 Å². The molecule has 0 bridgehead atoms. The van der Waals surface area contributed by atoms with Crippen LogP contribution in [0.4, 0.5) is 16.4 Å². The monoisotopic (exact) mass is 289 g/mol. The number of urea groups is 1. The third-order valence-electron chi connectivity index (χ3n) is 2.52. The summed E-state index contributed by atoms with van der Waals surface area (Å²) >= 11 is 0. The van der Waals surface area contributed by atoms with Crippen molar-refractivity contribution in [2.45, 2.75) is 13.8 Å². The summed E-state index contributed by atoms with van der Waals surface area (Å²) in [7, 11) is 0. The molecule has 2 aromatic rings. The molecule has 0 saturated heterocycles. The van der Waals surface area contributed by atoms with E-state index in [9.17, 15) is 9.59 Å². The van der Waals surface area contributed by atoms with Crippen molar-refractivity contribution in [3.63, 3.8) is 0 Å². The predicted molar refractivity (Wildman–Crippen MR) is 76.6 cm³/mol. The molecule has 0 fully saturated rings. The van der Waals surface area contributed by atoms with E-state index in [2.05, 4.69) is 25.8 Å². The van der Waals surface area contributed by atoms with Gasteiger partial charge in [-0.2, -0.15) is 4.98 Å². The number of hydrogen-bond acceptors (Lipinski definition) is 5. The van der Waals surface area contributed by atoms with Gasteiger partial charge in [0, 0.05) is 11.3 Å². The second kappa shape index (κ2) is 6.51. The standard InChI is InChI=1S/C13H15N5O3/c1-3-21-13-16-11(17-18-13)15-12(20)14-10-6-4-9(5-7-10)8(2)19/h4-7H,3H2,1-2H3,(H3,14,15,16,17,18,20). The van der Waals surface area contributed by atoms with E-state index in [1.807, 2.05) is 0 Å². The fraction of sp³-hybridized carbons (Fsp3) is 0.231. The molecule has 0 aliphatic rings. The molecular weight excluding hydrogens is 274 g/mol. The number of benzene rings is 1. The largest absolute Gasteiger partial charge is 0.463 e. The maximum Gasteiger partial charge on any atom is 0.337 e. The Kier molecular flexibility index (Phi) is 4.50. The van der Waals surface area contributed by atoms with E-state index in [1.165, 1.54) is 6.92 Å². The first-order chi connectivity index (χ1) is 10.1. The SMILES string of the molecule is CCOc1n[nH]c(NC(=O)Nc2ccc(C(C)=O)cc2)n1. The van der Waals surface area contributed by atoms with E-state index in [0.717, 1.165) is 0 Å². The zero-order valence-electron chi connectivity index (χ0n) is 11.6. The molecule has 0 spiro atoms. The third-order valence-corrected chi connectivity index (χ3v) is 2.52. The average molecular weight is 289 g/mol. The predicted octanol–water partition coefficient (Wildman–Crippen LogP) is 2.05. The highest BCUT2D eigenvalue weighted by Gasteiger charge is 2.08. The van der Waals surface area contributed by atoms with Crippen LogP contribution in [0.25, 0.3) is 0 Å². The number of carbonyl (C=O) groups is 2. The molecule has 1 aromatic carbocycles. The summed E-state index contributed by atoms with van der Waals surface area (Å²) in [5.41, 5.74) is 1.14. The Bertz CT molecular complexity index is 636. The van der Waals surface area contributed by atoms with Crippen LogP contribution in [-0.2, 0) is 0 Å². The summed E-state index contributed by atoms with van der Waals surface area (Å²) < 4.78 is 5.06. The number of ether oxygens (including phenoxy) is 1. The summed E-state index contributed by atoms with van der Waals surface area (Å²) in [6.07, 6.45) is 0. The highest BCUT2D eigenvalue weighted by atomic mass is 16.5. The van der Waals surface area contributed by atoms with Crippen molar-refractivity contribution in [1.29, 1.82) is 0 Å². The van der Waals surface area contributed by atoms with Crippen molar-refractivity contribution >= 4 is 23.5 Å². The number of Topliss-reactive ketones (excluding diaryl/α,β-unsaturated/α-hetero) is 1. The molecule has 21 heavy (non-hydrogen) atoms. The topological polar surface area (TPSA) is 109 Å². The van der Waals surface area contributed by atoms with E-state index in [4.69, 9.17) is 4.74 Å². The lowest BCUT2D eigenvalue weighted by atomic mass is 10.1. The molecule has 2 amide bonds. The van der Waals surface area contributed by atoms with Crippen molar-refractivity contribution in [3.8, 4) is 6.01 Å². The lowest BCUT2D eigenvalue weighted by molar-refractivity contribution is 0.101. The van der Waals surface area contributed by atoms with Gasteiger partial charge < -0.3 is 10.1 Å². The smallest absolute Gasteiger partial charge is 0.337 e. The molecular formula is C13H15N5O3. The summed E-state index contributed by atoms with van der Waals surface area (Å²) in [5.74, 6) is 0.146. The van der Waals surface area contributed by atoms with Crippen LogP contribution in [0.3, 0.4) is 0 Å². The summed E-state index contributed by atoms with van der Waals surface area (Å²) in [5, 5.41) is 11.4. The van der Waals surface area contributed by atoms with Gasteiger partial charge in [0.15, 0.2) is 5.78 Å². The van der Waals surface area contributed by atoms with E-state index in [1.54, 1.807) is 31.2 Å². The van der Waals surface area contributed by atoms with Crippen molar-refractivity contribution in [3.05, 3.63) is 29.8 Å². The Hall–Kier alpha value is -2.90. The maximum absolute atomic E-state index is 11.8. The Morgan fingerprint density at radius 2 is 1.95 bits per heavy atom. The summed E-state index contributed by atoms with van der Waals surface area (Å²) in [6.45, 7) is 3.72. The van der Waals surface area contributed by atoms with Gasteiger partial charge in [0.2, 0.25) is 5.95 Å². The van der Waals surface area contributed by atoms with Gasteiger partial charge in [-0.1, -0.05) is 0 Å². The van der Waals surface area contributed by atoms with E-state index in [-0.39, 0.29) is 17.7 Å². The number of nitrogens with one attached hydrogen (secondary N) is 3. The van der Waals surface area contributed by atoms with Crippen LogP contribution in [0.15, 0.2) is 24.3 Å². The molecule has 110 valence electrons. The van der Waals surface area contributed by atoms with Crippen LogP contribution in [-0.4, -0.2) is 33.6 Å². The molecule has 1 heterocycles. The lowest BCUT2D eigenvalue weighted by Crippen LogP contribution is -2.20. The molecule has 1 aromatic heterocycles. The van der Waals surface area contributed by atoms with Crippen LogP contribution < -0.4 is 15.4 Å². The van der Waals surface area contributed by atoms with Crippen LogP contribution in [0.2, 0.25) is 0 Å². The quantitative estimate of drug-likeness (QED) is 0.730. The first-order valence-corrected chi connectivity index (χ1v) is 6.32. The minimum absolute atomic E-state index is 0.0314. The Balaban J connectivity index is 1.92. The maximum atomic E-state index is 11.8. The zero-order valence-corrected chi connectivity index (χ0v) is 11.6. The van der Waals surface area contributed by atoms with Crippen molar-refractivity contribution in [1.82, 2.24) is 15.2 Å². The van der Waals surface area contributed by atoms with E-state index in [0.29, 0.717) is 17.9 Å². The van der Waals surface area contributed by atoms with Crippen LogP contribution >= 0.6 is 0 Å². The lowest BCUT2D eigenvalue weighted by Gasteiger charge is -2.05. The van der Waals surface area contributed by atoms with Gasteiger partial charge in [-0.25, -0.2) is 9.89 Å². The minimum atomic E-state index is -0.482. The second-order valence-corrected chi connectivity index (χ2v) is 4.11. The van der Waals surface area contributed by atoms with Gasteiger partial charge in [0.05, 0.1) is 6.61 Å². The molecule has 0 unspecified atom stereocenters. The fourth-order valence-corrected chi connectivity index (χ4v) is 1.55. The first-order valence-electron chi connectivity index (χ1n) is 6.32. The van der Waals surface area contributed by atoms with E-state index < -0.39 is 6.03 Å². The second-order valence-electron chi connectivity index (χ2n) is 4.11. The number of hydrogen-bond donors (Lipinski definition) is 3. The number of carbonyl (C=O) groups excluding carboxylic acids is 2. The molecule has 0 saturated carbocycles. The molecule has 2 rings (SSSR count). The number of aromatic nitrogens is 3. The molecule has 0 aliphatic heterocycles. The first kappa shape index (κ1) is 14.5. The molecule has 0 atom stereocenters. The summed E-state index contributed by atoms with van der Waals surface area (Å²) in [4.78, 5) is 26.8. The highest BCUT2D eigenvalue weighted by Crippen LogP contribution is 2.11. The fourth-order valence-electron chi connectivity index (χ4n) is 1.55. The third kappa shape index (κ3) is 4.03. The van der Waals surface area contributed by atoms with Gasteiger partial charge in [0.1, 0.15) is 0 Å². The Morgan fingerprint density at radius 3 is 2.57 bits per heavy atom. The van der Waals surface area contributed by atoms with Gasteiger partial charge in [0.25, 0.3) is 0 Å². The van der Waals surface area contributed by atoms with Gasteiger partial charge in [-0.15, -0.1) is 5.10 Å². The summed E-state index contributed by atoms with van der Waals surface area (Å²) in [6, 6.07) is 6.24. The molecule has 0 aliphatic carbocycles. The average Bonchev–Trinajstić information content (AvgIpc) is 2.87. The van der Waals surface area contributed by atoms with Crippen LogP contribution in [0, 0.1) is 0 Å². The minimum Gasteiger partial charge on any atom is -0.463 e. The number of amides is 2. The number of anilines is 2. The van der Waals surface area contributed by atoms with Gasteiger partial charge in [-0.3, -0.25) is 10.1 Å². The Labute approximate surface area is 120 Å². The van der Waals surface area contributed by atoms with E-state index >= 15 is 0 Å². The zero-order chi connectivity index (χ0) is 15.2. The van der Waals surface area contributed by atoms with Crippen molar-refractivity contribution in [2.24, 2.45) is 0 Å². The number of rotatable bonds is 5. The Morgan fingerprint density at radius 1 is 1.24 bits per heavy atom. The molecule has 0 radical (unpaired) electrons.